The quantitative estimate of drug-likeness (QED) is 0.779. The molecule has 1 aromatic rings. The van der Waals surface area contributed by atoms with Gasteiger partial charge in [-0.15, -0.1) is 0 Å². The maximum absolute atomic E-state index is 11.1. The highest BCUT2D eigenvalue weighted by Gasteiger charge is 2.13. The van der Waals surface area contributed by atoms with Crippen LogP contribution in [0.25, 0.3) is 0 Å². The lowest BCUT2D eigenvalue weighted by molar-refractivity contribution is -0.142. The van der Waals surface area contributed by atoms with Crippen LogP contribution in [0, 0.1) is 0 Å². The third-order valence-electron chi connectivity index (χ3n) is 2.69. The SMILES string of the molecule is CNC(C)c1ccc(OC)cc1OCC(=O)OC. The predicted molar refractivity (Wildman–Crippen MR) is 68.0 cm³/mol. The zero-order chi connectivity index (χ0) is 13.5. The van der Waals surface area contributed by atoms with Crippen molar-refractivity contribution in [3.63, 3.8) is 0 Å². The summed E-state index contributed by atoms with van der Waals surface area (Å²) in [6.45, 7) is 1.89. The molecule has 0 saturated heterocycles. The Bertz CT molecular complexity index is 406. The summed E-state index contributed by atoms with van der Waals surface area (Å²) >= 11 is 0. The normalized spacial score (nSPS) is 11.8. The molecule has 0 fully saturated rings. The molecule has 0 radical (unpaired) electrons. The van der Waals surface area contributed by atoms with E-state index in [2.05, 4.69) is 10.1 Å². The summed E-state index contributed by atoms with van der Waals surface area (Å²) in [6, 6.07) is 5.64. The summed E-state index contributed by atoms with van der Waals surface area (Å²) < 4.78 is 15.1. The Morgan fingerprint density at radius 2 is 2.11 bits per heavy atom. The second-order valence-corrected chi connectivity index (χ2v) is 3.78. The van der Waals surface area contributed by atoms with Gasteiger partial charge < -0.3 is 19.5 Å². The van der Waals surface area contributed by atoms with E-state index >= 15 is 0 Å². The number of carbonyl (C=O) groups excluding carboxylic acids is 1. The fraction of sp³-hybridized carbons (Fsp3) is 0.462. The molecule has 100 valence electrons. The summed E-state index contributed by atoms with van der Waals surface area (Å²) in [5.41, 5.74) is 0.960. The number of rotatable bonds is 6. The molecule has 5 nitrogen and oxygen atoms in total. The molecule has 1 rings (SSSR count). The zero-order valence-electron chi connectivity index (χ0n) is 11.1. The molecule has 1 atom stereocenters. The maximum Gasteiger partial charge on any atom is 0.343 e. The van der Waals surface area contributed by atoms with Crippen LogP contribution in [0.5, 0.6) is 11.5 Å². The van der Waals surface area contributed by atoms with E-state index in [-0.39, 0.29) is 12.6 Å². The lowest BCUT2D eigenvalue weighted by atomic mass is 10.1. The van der Waals surface area contributed by atoms with Gasteiger partial charge in [0.15, 0.2) is 6.61 Å². The van der Waals surface area contributed by atoms with Crippen molar-refractivity contribution < 1.29 is 19.0 Å². The molecule has 1 unspecified atom stereocenters. The van der Waals surface area contributed by atoms with E-state index in [1.165, 1.54) is 7.11 Å². The van der Waals surface area contributed by atoms with Crippen LogP contribution < -0.4 is 14.8 Å². The summed E-state index contributed by atoms with van der Waals surface area (Å²) in [7, 11) is 4.77. The molecule has 0 aromatic heterocycles. The van der Waals surface area contributed by atoms with Gasteiger partial charge in [0.2, 0.25) is 0 Å². The van der Waals surface area contributed by atoms with Crippen molar-refractivity contribution in [2.24, 2.45) is 0 Å². The zero-order valence-corrected chi connectivity index (χ0v) is 11.1. The number of hydrogen-bond donors (Lipinski definition) is 1. The van der Waals surface area contributed by atoms with Crippen LogP contribution in [0.2, 0.25) is 0 Å². The van der Waals surface area contributed by atoms with E-state index in [1.807, 2.05) is 26.1 Å². The van der Waals surface area contributed by atoms with Gasteiger partial charge in [0.05, 0.1) is 14.2 Å². The fourth-order valence-electron chi connectivity index (χ4n) is 1.48. The van der Waals surface area contributed by atoms with Crippen molar-refractivity contribution in [1.29, 1.82) is 0 Å². The molecule has 0 bridgehead atoms. The number of ether oxygens (including phenoxy) is 3. The van der Waals surface area contributed by atoms with E-state index in [4.69, 9.17) is 9.47 Å². The molecule has 0 spiro atoms. The lowest BCUT2D eigenvalue weighted by Crippen LogP contribution is -2.17. The van der Waals surface area contributed by atoms with Crippen LogP contribution in [0.3, 0.4) is 0 Å². The van der Waals surface area contributed by atoms with Crippen molar-refractivity contribution >= 4 is 5.97 Å². The molecular formula is C13H19NO4. The van der Waals surface area contributed by atoms with Crippen molar-refractivity contribution in [1.82, 2.24) is 5.32 Å². The lowest BCUT2D eigenvalue weighted by Gasteiger charge is -2.17. The van der Waals surface area contributed by atoms with Crippen molar-refractivity contribution in [3.05, 3.63) is 23.8 Å². The van der Waals surface area contributed by atoms with Crippen molar-refractivity contribution in [3.8, 4) is 11.5 Å². The second kappa shape index (κ2) is 6.86. The van der Waals surface area contributed by atoms with Crippen LogP contribution in [-0.4, -0.2) is 33.8 Å². The number of hydrogen-bond acceptors (Lipinski definition) is 5. The van der Waals surface area contributed by atoms with Gasteiger partial charge in [0.1, 0.15) is 11.5 Å². The highest BCUT2D eigenvalue weighted by atomic mass is 16.6. The molecule has 0 saturated carbocycles. The minimum Gasteiger partial charge on any atom is -0.497 e. The Morgan fingerprint density at radius 1 is 1.39 bits per heavy atom. The Balaban J connectivity index is 2.92. The summed E-state index contributed by atoms with van der Waals surface area (Å²) in [5, 5.41) is 3.12. The number of nitrogens with one attached hydrogen (secondary N) is 1. The Kier molecular flexibility index (Phi) is 5.45. The third-order valence-corrected chi connectivity index (χ3v) is 2.69. The monoisotopic (exact) mass is 253 g/mol. The second-order valence-electron chi connectivity index (χ2n) is 3.78. The topological polar surface area (TPSA) is 56.8 Å². The predicted octanol–water partition coefficient (Wildman–Crippen LogP) is 1.53. The molecule has 18 heavy (non-hydrogen) atoms. The average Bonchev–Trinajstić information content (AvgIpc) is 2.43. The first-order valence-corrected chi connectivity index (χ1v) is 5.67. The van der Waals surface area contributed by atoms with E-state index in [9.17, 15) is 4.79 Å². The molecule has 5 heteroatoms. The van der Waals surface area contributed by atoms with Gasteiger partial charge in [0, 0.05) is 17.7 Å². The van der Waals surface area contributed by atoms with E-state index < -0.39 is 5.97 Å². The van der Waals surface area contributed by atoms with Crippen LogP contribution in [0.15, 0.2) is 18.2 Å². The van der Waals surface area contributed by atoms with E-state index in [0.717, 1.165) is 5.56 Å². The average molecular weight is 253 g/mol. The number of methoxy groups -OCH3 is 2. The molecule has 0 heterocycles. The van der Waals surface area contributed by atoms with Gasteiger partial charge in [-0.1, -0.05) is 6.07 Å². The van der Waals surface area contributed by atoms with Gasteiger partial charge in [-0.25, -0.2) is 4.79 Å². The number of esters is 1. The molecular weight excluding hydrogens is 234 g/mol. The van der Waals surface area contributed by atoms with E-state index in [1.54, 1.807) is 13.2 Å². The molecule has 1 N–H and O–H groups in total. The molecule has 0 aliphatic carbocycles. The largest absolute Gasteiger partial charge is 0.497 e. The summed E-state index contributed by atoms with van der Waals surface area (Å²) in [6.07, 6.45) is 0. The van der Waals surface area contributed by atoms with E-state index in [0.29, 0.717) is 11.5 Å². The highest BCUT2D eigenvalue weighted by molar-refractivity contribution is 5.71. The number of benzene rings is 1. The Labute approximate surface area is 107 Å². The molecule has 0 amide bonds. The van der Waals surface area contributed by atoms with Gasteiger partial charge in [-0.2, -0.15) is 0 Å². The van der Waals surface area contributed by atoms with Gasteiger partial charge in [-0.3, -0.25) is 0 Å². The maximum atomic E-state index is 11.1. The van der Waals surface area contributed by atoms with Gasteiger partial charge in [-0.05, 0) is 20.0 Å². The minimum absolute atomic E-state index is 0.114. The molecule has 0 aliphatic heterocycles. The third kappa shape index (κ3) is 3.63. The fourth-order valence-corrected chi connectivity index (χ4v) is 1.48. The van der Waals surface area contributed by atoms with Crippen molar-refractivity contribution in [2.75, 3.05) is 27.9 Å². The summed E-state index contributed by atoms with van der Waals surface area (Å²) in [4.78, 5) is 11.1. The van der Waals surface area contributed by atoms with Crippen molar-refractivity contribution in [2.45, 2.75) is 13.0 Å². The summed E-state index contributed by atoms with van der Waals surface area (Å²) in [5.74, 6) is 0.879. The van der Waals surface area contributed by atoms with Crippen LogP contribution in [-0.2, 0) is 9.53 Å². The van der Waals surface area contributed by atoms with Gasteiger partial charge >= 0.3 is 5.97 Å². The standard InChI is InChI=1S/C13H19NO4/c1-9(14-2)11-6-5-10(16-3)7-12(11)18-8-13(15)17-4/h5-7,9,14H,8H2,1-4H3. The first-order valence-electron chi connectivity index (χ1n) is 5.67. The van der Waals surface area contributed by atoms with Crippen LogP contribution >= 0.6 is 0 Å². The van der Waals surface area contributed by atoms with Gasteiger partial charge in [0.25, 0.3) is 0 Å². The van der Waals surface area contributed by atoms with Crippen LogP contribution in [0.1, 0.15) is 18.5 Å². The highest BCUT2D eigenvalue weighted by Crippen LogP contribution is 2.29. The Morgan fingerprint density at radius 3 is 2.67 bits per heavy atom. The Hall–Kier alpha value is -1.75. The van der Waals surface area contributed by atoms with Crippen LogP contribution in [0.4, 0.5) is 0 Å². The molecule has 1 aromatic carbocycles. The minimum atomic E-state index is -0.416. The number of carbonyl (C=O) groups is 1. The smallest absolute Gasteiger partial charge is 0.343 e. The molecule has 0 aliphatic rings. The first-order chi connectivity index (χ1) is 8.62. The first kappa shape index (κ1) is 14.3.